The van der Waals surface area contributed by atoms with Crippen LogP contribution in [0.25, 0.3) is 22.3 Å². The van der Waals surface area contributed by atoms with Crippen LogP contribution in [0.3, 0.4) is 0 Å². The molecule has 0 aliphatic heterocycles. The second kappa shape index (κ2) is 15.6. The van der Waals surface area contributed by atoms with Gasteiger partial charge in [0.2, 0.25) is 0 Å². The molecule has 2 atom stereocenters. The summed E-state index contributed by atoms with van der Waals surface area (Å²) in [7, 11) is 0. The summed E-state index contributed by atoms with van der Waals surface area (Å²) < 4.78 is 15.7. The van der Waals surface area contributed by atoms with Crippen LogP contribution in [0.5, 0.6) is 0 Å². The summed E-state index contributed by atoms with van der Waals surface area (Å²) in [6.07, 6.45) is 15.3. The van der Waals surface area contributed by atoms with E-state index in [1.165, 1.54) is 5.57 Å². The van der Waals surface area contributed by atoms with Crippen molar-refractivity contribution in [2.75, 3.05) is 32.4 Å². The molecular formula is C35H53N7O4S. The number of aromatic nitrogens is 5. The van der Waals surface area contributed by atoms with Crippen molar-refractivity contribution < 1.29 is 19.1 Å². The van der Waals surface area contributed by atoms with Crippen molar-refractivity contribution in [2.45, 2.75) is 105 Å². The number of amides is 2. The van der Waals surface area contributed by atoms with E-state index in [1.54, 1.807) is 23.2 Å². The average molecular weight is 668 g/mol. The number of rotatable bonds is 12. The van der Waals surface area contributed by atoms with Crippen molar-refractivity contribution in [1.82, 2.24) is 33.5 Å². The molecule has 4 rings (SSSR count). The highest BCUT2D eigenvalue weighted by molar-refractivity contribution is 7.97. The Hall–Kier alpha value is -3.54. The van der Waals surface area contributed by atoms with Gasteiger partial charge in [0, 0.05) is 68.0 Å². The Labute approximate surface area is 284 Å². The van der Waals surface area contributed by atoms with E-state index in [4.69, 9.17) is 14.6 Å². The maximum Gasteiger partial charge on any atom is 0.410 e. The third-order valence-corrected chi connectivity index (χ3v) is 8.91. The molecule has 1 aliphatic rings. The zero-order valence-corrected chi connectivity index (χ0v) is 30.5. The van der Waals surface area contributed by atoms with E-state index in [-0.39, 0.29) is 18.2 Å². The number of hydrogen-bond donors (Lipinski definition) is 0. The normalized spacial score (nSPS) is 17.3. The zero-order valence-electron chi connectivity index (χ0n) is 29.7. The summed E-state index contributed by atoms with van der Waals surface area (Å²) in [5, 5.41) is 5.69. The molecule has 1 aliphatic carbocycles. The van der Waals surface area contributed by atoms with Gasteiger partial charge in [-0.3, -0.25) is 0 Å². The van der Waals surface area contributed by atoms with Crippen molar-refractivity contribution in [3.05, 3.63) is 42.6 Å². The van der Waals surface area contributed by atoms with Gasteiger partial charge in [0.25, 0.3) is 0 Å². The standard InChI is InChI=1S/C35H53N7O4S/c1-10-25(2)14-18-39(32(43)45-34(3,4)5)16-11-17-40(33(44)46-35(6,7)8)22-26-12-13-27(20-26)41-23-29(28-21-36-24-37-31(28)41)30-15-19-42(38-30)47-9/h10,15,19,21,23-24,26-27H,11-14,16-18,20,22H2,1-9H3/b25-10+/t26?,27-/m0/s1. The van der Waals surface area contributed by atoms with Crippen LogP contribution >= 0.6 is 11.9 Å². The predicted molar refractivity (Wildman–Crippen MR) is 188 cm³/mol. The molecule has 0 radical (unpaired) electrons. The van der Waals surface area contributed by atoms with E-state index in [2.05, 4.69) is 33.7 Å². The minimum atomic E-state index is -0.608. The second-order valence-corrected chi connectivity index (χ2v) is 15.2. The highest BCUT2D eigenvalue weighted by atomic mass is 32.2. The molecule has 258 valence electrons. The Bertz CT molecular complexity index is 1530. The molecule has 0 bridgehead atoms. The monoisotopic (exact) mass is 667 g/mol. The fourth-order valence-electron chi connectivity index (χ4n) is 5.91. The number of carbonyl (C=O) groups is 2. The zero-order chi connectivity index (χ0) is 34.4. The van der Waals surface area contributed by atoms with Crippen LogP contribution in [0.1, 0.15) is 93.5 Å². The van der Waals surface area contributed by atoms with Crippen LogP contribution in [-0.2, 0) is 9.47 Å². The van der Waals surface area contributed by atoms with Crippen molar-refractivity contribution in [3.8, 4) is 11.3 Å². The van der Waals surface area contributed by atoms with Gasteiger partial charge in [-0.2, -0.15) is 5.10 Å². The summed E-state index contributed by atoms with van der Waals surface area (Å²) in [4.78, 5) is 39.1. The van der Waals surface area contributed by atoms with Gasteiger partial charge in [0.05, 0.1) is 5.69 Å². The van der Waals surface area contributed by atoms with Gasteiger partial charge in [-0.05, 0) is 111 Å². The van der Waals surface area contributed by atoms with E-state index in [0.29, 0.717) is 38.5 Å². The van der Waals surface area contributed by atoms with Crippen molar-refractivity contribution in [2.24, 2.45) is 5.92 Å². The first kappa shape index (κ1) is 36.3. The van der Waals surface area contributed by atoms with E-state index in [1.807, 2.05) is 82.2 Å². The van der Waals surface area contributed by atoms with Gasteiger partial charge in [-0.15, -0.1) is 0 Å². The molecule has 1 saturated carbocycles. The molecule has 12 heteroatoms. The molecule has 11 nitrogen and oxygen atoms in total. The highest BCUT2D eigenvalue weighted by Crippen LogP contribution is 2.39. The molecule has 0 saturated heterocycles. The molecule has 0 spiro atoms. The molecule has 1 fully saturated rings. The number of hydrogen-bond acceptors (Lipinski definition) is 8. The van der Waals surface area contributed by atoms with Gasteiger partial charge in [-0.1, -0.05) is 11.6 Å². The third kappa shape index (κ3) is 10.2. The largest absolute Gasteiger partial charge is 0.444 e. The Morgan fingerprint density at radius 2 is 1.72 bits per heavy atom. The summed E-state index contributed by atoms with van der Waals surface area (Å²) in [5.41, 5.74) is 2.84. The van der Waals surface area contributed by atoms with Crippen molar-refractivity contribution in [3.63, 3.8) is 0 Å². The molecule has 2 amide bonds. The van der Waals surface area contributed by atoms with Gasteiger partial charge < -0.3 is 23.8 Å². The van der Waals surface area contributed by atoms with E-state index in [0.717, 1.165) is 48.0 Å². The van der Waals surface area contributed by atoms with E-state index in [9.17, 15) is 9.59 Å². The van der Waals surface area contributed by atoms with Crippen molar-refractivity contribution >= 4 is 35.2 Å². The van der Waals surface area contributed by atoms with Gasteiger partial charge in [0.1, 0.15) is 23.2 Å². The van der Waals surface area contributed by atoms with E-state index >= 15 is 0 Å². The highest BCUT2D eigenvalue weighted by Gasteiger charge is 2.32. The van der Waals surface area contributed by atoms with Gasteiger partial charge in [0.15, 0.2) is 0 Å². The maximum atomic E-state index is 13.5. The average Bonchev–Trinajstić information content (AvgIpc) is 3.74. The Morgan fingerprint density at radius 1 is 1.04 bits per heavy atom. The first-order valence-corrected chi connectivity index (χ1v) is 17.8. The smallest absolute Gasteiger partial charge is 0.410 e. The molecule has 47 heavy (non-hydrogen) atoms. The SMILES string of the molecule is C/C=C(\C)CCN(CCCN(CC1CC[C@H](n2cc(-c3ccn(SC)n3)c3cncnc32)C1)C(=O)OC(C)(C)C)C(=O)OC(C)(C)C. The summed E-state index contributed by atoms with van der Waals surface area (Å²) >= 11 is 1.55. The number of carbonyl (C=O) groups excluding carboxylic acids is 2. The fourth-order valence-corrected chi connectivity index (χ4v) is 6.27. The molecule has 3 aromatic rings. The summed E-state index contributed by atoms with van der Waals surface area (Å²) in [5.74, 6) is 0.297. The van der Waals surface area contributed by atoms with Crippen molar-refractivity contribution in [1.29, 1.82) is 0 Å². The van der Waals surface area contributed by atoms with Gasteiger partial charge >= 0.3 is 12.2 Å². The number of fused-ring (bicyclic) bond motifs is 1. The molecule has 0 N–H and O–H groups in total. The lowest BCUT2D eigenvalue weighted by molar-refractivity contribution is 0.0186. The molecule has 1 unspecified atom stereocenters. The predicted octanol–water partition coefficient (Wildman–Crippen LogP) is 7.98. The summed E-state index contributed by atoms with van der Waals surface area (Å²) in [6, 6.07) is 2.26. The lowest BCUT2D eigenvalue weighted by atomic mass is 10.1. The van der Waals surface area contributed by atoms with Crippen LogP contribution in [0.15, 0.2) is 42.6 Å². The topological polar surface area (TPSA) is 108 Å². The number of ether oxygens (including phenoxy) is 2. The Morgan fingerprint density at radius 3 is 2.36 bits per heavy atom. The molecule has 3 aromatic heterocycles. The maximum absolute atomic E-state index is 13.5. The molecule has 0 aromatic carbocycles. The Balaban J connectivity index is 1.47. The van der Waals surface area contributed by atoms with Crippen LogP contribution in [0, 0.1) is 5.92 Å². The minimum Gasteiger partial charge on any atom is -0.444 e. The van der Waals surface area contributed by atoms with Crippen LogP contribution in [-0.4, -0.2) is 89.3 Å². The number of allylic oxidation sites excluding steroid dienone is 1. The van der Waals surface area contributed by atoms with Crippen LogP contribution < -0.4 is 0 Å². The first-order valence-electron chi connectivity index (χ1n) is 16.7. The molecule has 3 heterocycles. The van der Waals surface area contributed by atoms with E-state index < -0.39 is 11.2 Å². The first-order chi connectivity index (χ1) is 22.2. The fraction of sp³-hybridized carbons (Fsp3) is 0.629. The third-order valence-electron chi connectivity index (χ3n) is 8.34. The molecular weight excluding hydrogens is 614 g/mol. The van der Waals surface area contributed by atoms with Crippen LogP contribution in [0.2, 0.25) is 0 Å². The number of nitrogens with zero attached hydrogens (tertiary/aromatic N) is 7. The Kier molecular flexibility index (Phi) is 12.0. The van der Waals surface area contributed by atoms with Crippen LogP contribution in [0.4, 0.5) is 9.59 Å². The lowest BCUT2D eigenvalue weighted by Gasteiger charge is -2.31. The minimum absolute atomic E-state index is 0.242. The summed E-state index contributed by atoms with van der Waals surface area (Å²) in [6.45, 7) is 17.5. The van der Waals surface area contributed by atoms with Gasteiger partial charge in [-0.25, -0.2) is 23.6 Å². The lowest BCUT2D eigenvalue weighted by Crippen LogP contribution is -2.42. The quantitative estimate of drug-likeness (QED) is 0.179. The second-order valence-electron chi connectivity index (χ2n) is 14.5.